The maximum absolute atomic E-state index is 12.3. The lowest BCUT2D eigenvalue weighted by molar-refractivity contribution is -0.115. The van der Waals surface area contributed by atoms with Crippen molar-refractivity contribution in [1.82, 2.24) is 10.2 Å². The van der Waals surface area contributed by atoms with E-state index in [4.69, 9.17) is 0 Å². The summed E-state index contributed by atoms with van der Waals surface area (Å²) in [5.74, 6) is -2.23. The Balaban J connectivity index is 1.97. The van der Waals surface area contributed by atoms with Gasteiger partial charge in [-0.2, -0.15) is 0 Å². The maximum atomic E-state index is 12.3. The number of carbonyl (C=O) groups is 2. The second kappa shape index (κ2) is 8.37. The van der Waals surface area contributed by atoms with Crippen LogP contribution in [0.15, 0.2) is 24.3 Å². The zero-order chi connectivity index (χ0) is 19.3. The molecule has 1 unspecified atom stereocenters. The van der Waals surface area contributed by atoms with Crippen molar-refractivity contribution in [3.8, 4) is 0 Å². The Labute approximate surface area is 156 Å². The molecule has 0 aliphatic rings. The Kier molecular flexibility index (Phi) is 6.43. The van der Waals surface area contributed by atoms with Gasteiger partial charge >= 0.3 is 0 Å². The van der Waals surface area contributed by atoms with Crippen LogP contribution in [-0.4, -0.2) is 41.4 Å². The molecule has 0 aliphatic carbocycles. The van der Waals surface area contributed by atoms with Gasteiger partial charge in [-0.05, 0) is 32.4 Å². The molecule has 0 aliphatic heterocycles. The third-order valence-corrected chi connectivity index (χ3v) is 6.51. The number of nitrogens with one attached hydrogen (secondary N) is 2. The molecule has 1 aromatic heterocycles. The molecule has 1 heterocycles. The average Bonchev–Trinajstić information content (AvgIpc) is 3.03. The monoisotopic (exact) mass is 396 g/mol. The molecule has 8 nitrogen and oxygen atoms in total. The Bertz CT molecular complexity index is 891. The molecule has 2 aromatic rings. The van der Waals surface area contributed by atoms with E-state index in [2.05, 4.69) is 20.8 Å². The number of aryl methyl sites for hydroxylation is 2. The summed E-state index contributed by atoms with van der Waals surface area (Å²) in [6.07, 6.45) is 0.667. The lowest BCUT2D eigenvalue weighted by atomic mass is 10.2. The van der Waals surface area contributed by atoms with Crippen LogP contribution in [0, 0.1) is 6.92 Å². The minimum Gasteiger partial charge on any atom is -0.325 e. The zero-order valence-electron chi connectivity index (χ0n) is 14.6. The van der Waals surface area contributed by atoms with Crippen molar-refractivity contribution < 1.29 is 18.0 Å². The van der Waals surface area contributed by atoms with E-state index in [0.29, 0.717) is 12.1 Å². The largest absolute Gasteiger partial charge is 0.325 e. The number of aromatic nitrogens is 2. The van der Waals surface area contributed by atoms with Gasteiger partial charge in [-0.25, -0.2) is 8.42 Å². The number of benzene rings is 1. The highest BCUT2D eigenvalue weighted by Gasteiger charge is 2.31. The molecule has 1 aromatic carbocycles. The van der Waals surface area contributed by atoms with Gasteiger partial charge in [0.15, 0.2) is 9.84 Å². The Morgan fingerprint density at radius 2 is 1.81 bits per heavy atom. The van der Waals surface area contributed by atoms with Crippen LogP contribution in [-0.2, 0) is 25.8 Å². The molecule has 10 heteroatoms. The zero-order valence-corrected chi connectivity index (χ0v) is 16.3. The van der Waals surface area contributed by atoms with E-state index in [1.807, 2.05) is 13.8 Å². The molecule has 2 N–H and O–H groups in total. The predicted molar refractivity (Wildman–Crippen MR) is 101 cm³/mol. The smallest absolute Gasteiger partial charge is 0.244 e. The number of hydrogen-bond acceptors (Lipinski definition) is 7. The molecule has 0 saturated heterocycles. The number of amides is 2. The Hall–Kier alpha value is -2.33. The third-order valence-electron chi connectivity index (χ3n) is 3.57. The standard InChI is InChI=1S/C16H20N4O4S2/c1-4-14-19-20-16(25-14)18-15(22)11(3)26(23,24)9-13(21)17-12-7-5-10(2)6-8-12/h5-8,11H,4,9H2,1-3H3,(H,17,21)(H,18,20,22). The number of anilines is 2. The number of sulfone groups is 1. The molecule has 2 amide bonds. The molecule has 2 rings (SSSR count). The summed E-state index contributed by atoms with van der Waals surface area (Å²) in [6.45, 7) is 5.04. The second-order valence-electron chi connectivity index (χ2n) is 5.71. The molecule has 0 bridgehead atoms. The third kappa shape index (κ3) is 5.33. The van der Waals surface area contributed by atoms with Gasteiger partial charge in [0.2, 0.25) is 16.9 Å². The van der Waals surface area contributed by atoms with Gasteiger partial charge in [0.1, 0.15) is 16.0 Å². The average molecular weight is 396 g/mol. The van der Waals surface area contributed by atoms with Crippen molar-refractivity contribution in [3.63, 3.8) is 0 Å². The van der Waals surface area contributed by atoms with E-state index in [1.165, 1.54) is 18.3 Å². The van der Waals surface area contributed by atoms with Crippen LogP contribution in [0.25, 0.3) is 0 Å². The Morgan fingerprint density at radius 1 is 1.15 bits per heavy atom. The number of rotatable bonds is 7. The fourth-order valence-corrected chi connectivity index (χ4v) is 3.71. The van der Waals surface area contributed by atoms with Gasteiger partial charge in [0.05, 0.1) is 0 Å². The fraction of sp³-hybridized carbons (Fsp3) is 0.375. The van der Waals surface area contributed by atoms with Crippen molar-refractivity contribution in [2.24, 2.45) is 0 Å². The van der Waals surface area contributed by atoms with E-state index >= 15 is 0 Å². The van der Waals surface area contributed by atoms with Gasteiger partial charge in [0.25, 0.3) is 0 Å². The first-order valence-corrected chi connectivity index (χ1v) is 10.5. The molecule has 0 fully saturated rings. The quantitative estimate of drug-likeness (QED) is 0.737. The van der Waals surface area contributed by atoms with Gasteiger partial charge in [-0.3, -0.25) is 14.9 Å². The molecular weight excluding hydrogens is 376 g/mol. The minimum absolute atomic E-state index is 0.234. The van der Waals surface area contributed by atoms with Crippen LogP contribution in [0.2, 0.25) is 0 Å². The first kappa shape index (κ1) is 20.0. The molecule has 1 atom stereocenters. The number of carbonyl (C=O) groups excluding carboxylic acids is 2. The summed E-state index contributed by atoms with van der Waals surface area (Å²) in [4.78, 5) is 24.1. The molecule has 0 saturated carbocycles. The van der Waals surface area contributed by atoms with Gasteiger partial charge in [-0.15, -0.1) is 10.2 Å². The van der Waals surface area contributed by atoms with E-state index in [0.717, 1.165) is 10.6 Å². The molecular formula is C16H20N4O4S2. The van der Waals surface area contributed by atoms with Gasteiger partial charge in [-0.1, -0.05) is 36.0 Å². The van der Waals surface area contributed by atoms with Crippen LogP contribution < -0.4 is 10.6 Å². The van der Waals surface area contributed by atoms with E-state index in [-0.39, 0.29) is 5.13 Å². The molecule has 0 spiro atoms. The van der Waals surface area contributed by atoms with Crippen molar-refractivity contribution in [1.29, 1.82) is 0 Å². The highest BCUT2D eigenvalue weighted by Crippen LogP contribution is 2.17. The summed E-state index contributed by atoms with van der Waals surface area (Å²) < 4.78 is 24.6. The second-order valence-corrected chi connectivity index (χ2v) is 9.09. The number of hydrogen-bond donors (Lipinski definition) is 2. The van der Waals surface area contributed by atoms with Crippen molar-refractivity contribution in [2.75, 3.05) is 16.4 Å². The number of nitrogens with zero attached hydrogens (tertiary/aromatic N) is 2. The highest BCUT2D eigenvalue weighted by molar-refractivity contribution is 7.93. The Morgan fingerprint density at radius 3 is 2.38 bits per heavy atom. The topological polar surface area (TPSA) is 118 Å². The molecule has 26 heavy (non-hydrogen) atoms. The predicted octanol–water partition coefficient (Wildman–Crippen LogP) is 1.79. The van der Waals surface area contributed by atoms with Crippen LogP contribution in [0.4, 0.5) is 10.8 Å². The van der Waals surface area contributed by atoms with Crippen molar-refractivity contribution in [2.45, 2.75) is 32.4 Å². The first-order chi connectivity index (χ1) is 12.2. The molecule has 0 radical (unpaired) electrons. The SMILES string of the molecule is CCc1nnc(NC(=O)C(C)S(=O)(=O)CC(=O)Nc2ccc(C)cc2)s1. The summed E-state index contributed by atoms with van der Waals surface area (Å²) in [5, 5.41) is 12.1. The summed E-state index contributed by atoms with van der Waals surface area (Å²) >= 11 is 1.18. The van der Waals surface area contributed by atoms with E-state index in [9.17, 15) is 18.0 Å². The normalized spacial score (nSPS) is 12.4. The van der Waals surface area contributed by atoms with Crippen LogP contribution >= 0.6 is 11.3 Å². The maximum Gasteiger partial charge on any atom is 0.244 e. The summed E-state index contributed by atoms with van der Waals surface area (Å²) in [7, 11) is -3.97. The molecule has 140 valence electrons. The lowest BCUT2D eigenvalue weighted by Gasteiger charge is -2.12. The van der Waals surface area contributed by atoms with Gasteiger partial charge in [0, 0.05) is 5.69 Å². The highest BCUT2D eigenvalue weighted by atomic mass is 32.2. The van der Waals surface area contributed by atoms with Crippen LogP contribution in [0.1, 0.15) is 24.4 Å². The van der Waals surface area contributed by atoms with Crippen LogP contribution in [0.3, 0.4) is 0 Å². The van der Waals surface area contributed by atoms with Crippen molar-refractivity contribution in [3.05, 3.63) is 34.8 Å². The van der Waals surface area contributed by atoms with E-state index in [1.54, 1.807) is 24.3 Å². The summed E-state index contributed by atoms with van der Waals surface area (Å²) in [5.41, 5.74) is 1.51. The van der Waals surface area contributed by atoms with Crippen molar-refractivity contribution >= 4 is 43.8 Å². The van der Waals surface area contributed by atoms with Gasteiger partial charge < -0.3 is 5.32 Å². The lowest BCUT2D eigenvalue weighted by Crippen LogP contribution is -2.37. The first-order valence-electron chi connectivity index (χ1n) is 7.92. The minimum atomic E-state index is -3.97. The van der Waals surface area contributed by atoms with E-state index < -0.39 is 32.7 Å². The summed E-state index contributed by atoms with van der Waals surface area (Å²) in [6, 6.07) is 6.95. The fourth-order valence-electron chi connectivity index (χ4n) is 1.96. The van der Waals surface area contributed by atoms with Crippen LogP contribution in [0.5, 0.6) is 0 Å².